The smallest absolute Gasteiger partial charge is 0.409 e. The number of carbonyl (C=O) groups excluding carboxylic acids is 3. The average Bonchev–Trinajstić information content (AvgIpc) is 2.45. The number of piperazine rings is 1. The summed E-state index contributed by atoms with van der Waals surface area (Å²) in [6.07, 6.45) is -0.963. The fourth-order valence-corrected chi connectivity index (χ4v) is 1.79. The molecule has 0 saturated carbocycles. The molecule has 0 aromatic carbocycles. The molecule has 0 aromatic rings. The second-order valence-electron chi connectivity index (χ2n) is 4.14. The Hall–Kier alpha value is -1.99. The van der Waals surface area contributed by atoms with E-state index in [1.54, 1.807) is 23.6 Å². The third kappa shape index (κ3) is 4.94. The van der Waals surface area contributed by atoms with Crippen LogP contribution < -0.4 is 5.32 Å². The zero-order chi connectivity index (χ0) is 15.0. The molecule has 1 N–H and O–H groups in total. The monoisotopic (exact) mass is 287 g/mol. The van der Waals surface area contributed by atoms with Crippen LogP contribution >= 0.6 is 0 Å². The van der Waals surface area contributed by atoms with Gasteiger partial charge < -0.3 is 24.6 Å². The number of hydrogen-bond acceptors (Lipinski definition) is 5. The molecule has 0 aliphatic carbocycles. The maximum Gasteiger partial charge on any atom is 0.409 e. The first-order valence-electron chi connectivity index (χ1n) is 6.68. The zero-order valence-electron chi connectivity index (χ0n) is 11.9. The van der Waals surface area contributed by atoms with E-state index in [2.05, 4.69) is 10.1 Å². The Labute approximate surface area is 118 Å². The van der Waals surface area contributed by atoms with Gasteiger partial charge in [-0.3, -0.25) is 4.79 Å². The van der Waals surface area contributed by atoms with Gasteiger partial charge in [0.25, 0.3) is 0 Å². The molecule has 8 nitrogen and oxygen atoms in total. The van der Waals surface area contributed by atoms with Crippen LogP contribution in [0.3, 0.4) is 0 Å². The number of nitrogens with one attached hydrogen (secondary N) is 1. The lowest BCUT2D eigenvalue weighted by Crippen LogP contribution is -2.52. The largest absolute Gasteiger partial charge is 0.450 e. The van der Waals surface area contributed by atoms with E-state index in [1.165, 1.54) is 0 Å². The number of hydrogen-bond donors (Lipinski definition) is 1. The maximum absolute atomic E-state index is 11.8. The van der Waals surface area contributed by atoms with Crippen LogP contribution in [-0.4, -0.2) is 73.8 Å². The molecule has 0 spiro atoms. The Morgan fingerprint density at radius 1 is 0.950 bits per heavy atom. The second kappa shape index (κ2) is 8.23. The topological polar surface area (TPSA) is 88.2 Å². The number of ether oxygens (including phenoxy) is 2. The Morgan fingerprint density at radius 2 is 1.50 bits per heavy atom. The maximum atomic E-state index is 11.8. The quantitative estimate of drug-likeness (QED) is 0.788. The van der Waals surface area contributed by atoms with Crippen molar-refractivity contribution in [3.8, 4) is 0 Å². The molecule has 1 saturated heterocycles. The van der Waals surface area contributed by atoms with Gasteiger partial charge in [0.1, 0.15) is 6.54 Å². The number of rotatable bonds is 4. The molecular formula is C12H21N3O5. The highest BCUT2D eigenvalue weighted by Gasteiger charge is 2.24. The number of amides is 3. The van der Waals surface area contributed by atoms with Crippen LogP contribution in [0.2, 0.25) is 0 Å². The van der Waals surface area contributed by atoms with Crippen LogP contribution in [0, 0.1) is 0 Å². The fraction of sp³-hybridized carbons (Fsp3) is 0.750. The Balaban J connectivity index is 2.28. The number of alkyl carbamates (subject to hydrolysis) is 1. The van der Waals surface area contributed by atoms with Crippen LogP contribution in [0.1, 0.15) is 13.8 Å². The Morgan fingerprint density at radius 3 is 2.05 bits per heavy atom. The molecule has 20 heavy (non-hydrogen) atoms. The Bertz CT molecular complexity index is 353. The van der Waals surface area contributed by atoms with Gasteiger partial charge in [-0.25, -0.2) is 9.59 Å². The van der Waals surface area contributed by atoms with Gasteiger partial charge in [-0.15, -0.1) is 0 Å². The summed E-state index contributed by atoms with van der Waals surface area (Å²) in [6, 6.07) is 0. The minimum absolute atomic E-state index is 0.0990. The van der Waals surface area contributed by atoms with Crippen molar-refractivity contribution in [2.45, 2.75) is 13.8 Å². The molecule has 1 rings (SSSR count). The minimum Gasteiger partial charge on any atom is -0.450 e. The van der Waals surface area contributed by atoms with Crippen molar-refractivity contribution in [2.24, 2.45) is 0 Å². The van der Waals surface area contributed by atoms with Crippen LogP contribution in [0.25, 0.3) is 0 Å². The molecule has 0 atom stereocenters. The number of nitrogens with zero attached hydrogens (tertiary/aromatic N) is 2. The molecule has 114 valence electrons. The van der Waals surface area contributed by atoms with Crippen LogP contribution in [0.5, 0.6) is 0 Å². The molecule has 1 aliphatic rings. The van der Waals surface area contributed by atoms with Crippen molar-refractivity contribution in [2.75, 3.05) is 45.9 Å². The molecule has 0 bridgehead atoms. The summed E-state index contributed by atoms with van der Waals surface area (Å²) < 4.78 is 9.56. The highest BCUT2D eigenvalue weighted by molar-refractivity contribution is 5.82. The molecule has 1 fully saturated rings. The van der Waals surface area contributed by atoms with E-state index < -0.39 is 6.09 Å². The third-order valence-electron chi connectivity index (χ3n) is 2.82. The van der Waals surface area contributed by atoms with Gasteiger partial charge in [-0.2, -0.15) is 0 Å². The summed E-state index contributed by atoms with van der Waals surface area (Å²) in [4.78, 5) is 37.5. The van der Waals surface area contributed by atoms with E-state index in [0.717, 1.165) is 0 Å². The van der Waals surface area contributed by atoms with Crippen LogP contribution in [-0.2, 0) is 14.3 Å². The molecular weight excluding hydrogens is 266 g/mol. The third-order valence-corrected chi connectivity index (χ3v) is 2.82. The van der Waals surface area contributed by atoms with Gasteiger partial charge in [0.15, 0.2) is 0 Å². The highest BCUT2D eigenvalue weighted by atomic mass is 16.6. The second-order valence-corrected chi connectivity index (χ2v) is 4.14. The van der Waals surface area contributed by atoms with E-state index in [0.29, 0.717) is 32.8 Å². The summed E-state index contributed by atoms with van der Waals surface area (Å²) in [5, 5.41) is 2.38. The molecule has 1 heterocycles. The Kier molecular flexibility index (Phi) is 6.61. The lowest BCUT2D eigenvalue weighted by molar-refractivity contribution is -0.131. The summed E-state index contributed by atoms with van der Waals surface area (Å²) in [6.45, 7) is 5.67. The fourth-order valence-electron chi connectivity index (χ4n) is 1.79. The summed E-state index contributed by atoms with van der Waals surface area (Å²) in [5.41, 5.74) is 0. The molecule has 0 aromatic heterocycles. The standard InChI is InChI=1S/C12H21N3O5/c1-3-19-11(17)13-9-10(16)14-5-7-15(8-6-14)12(18)20-4-2/h3-9H2,1-2H3,(H,13,17). The van der Waals surface area contributed by atoms with Gasteiger partial charge >= 0.3 is 12.2 Å². The molecule has 8 heteroatoms. The van der Waals surface area contributed by atoms with Crippen molar-refractivity contribution in [3.05, 3.63) is 0 Å². The lowest BCUT2D eigenvalue weighted by atomic mass is 10.3. The van der Waals surface area contributed by atoms with E-state index in [4.69, 9.17) is 4.74 Å². The molecule has 1 aliphatic heterocycles. The minimum atomic E-state index is -0.606. The van der Waals surface area contributed by atoms with Crippen molar-refractivity contribution in [1.82, 2.24) is 15.1 Å². The zero-order valence-corrected chi connectivity index (χ0v) is 11.9. The average molecular weight is 287 g/mol. The predicted octanol–water partition coefficient (Wildman–Crippen LogP) is 0.0332. The van der Waals surface area contributed by atoms with Gasteiger partial charge in [0.05, 0.1) is 13.2 Å². The first-order valence-corrected chi connectivity index (χ1v) is 6.68. The summed E-state index contributed by atoms with van der Waals surface area (Å²) >= 11 is 0. The van der Waals surface area contributed by atoms with Crippen LogP contribution in [0.4, 0.5) is 9.59 Å². The van der Waals surface area contributed by atoms with Gasteiger partial charge in [0, 0.05) is 26.2 Å². The molecule has 3 amide bonds. The summed E-state index contributed by atoms with van der Waals surface area (Å²) in [5.74, 6) is -0.193. The lowest BCUT2D eigenvalue weighted by Gasteiger charge is -2.34. The van der Waals surface area contributed by atoms with Crippen molar-refractivity contribution in [3.63, 3.8) is 0 Å². The predicted molar refractivity (Wildman–Crippen MR) is 70.2 cm³/mol. The van der Waals surface area contributed by atoms with Gasteiger partial charge in [-0.1, -0.05) is 0 Å². The van der Waals surface area contributed by atoms with Crippen molar-refractivity contribution < 1.29 is 23.9 Å². The van der Waals surface area contributed by atoms with E-state index in [1.807, 2.05) is 0 Å². The first-order chi connectivity index (χ1) is 9.58. The first kappa shape index (κ1) is 16.1. The SMILES string of the molecule is CCOC(=O)NCC(=O)N1CCN(C(=O)OCC)CC1. The van der Waals surface area contributed by atoms with Crippen molar-refractivity contribution >= 4 is 18.1 Å². The van der Waals surface area contributed by atoms with E-state index in [-0.39, 0.29) is 25.2 Å². The van der Waals surface area contributed by atoms with Crippen molar-refractivity contribution in [1.29, 1.82) is 0 Å². The highest BCUT2D eigenvalue weighted by Crippen LogP contribution is 2.04. The van der Waals surface area contributed by atoms with E-state index in [9.17, 15) is 14.4 Å². The number of carbonyl (C=O) groups is 3. The van der Waals surface area contributed by atoms with Gasteiger partial charge in [-0.05, 0) is 13.8 Å². The van der Waals surface area contributed by atoms with E-state index >= 15 is 0 Å². The van der Waals surface area contributed by atoms with Gasteiger partial charge in [0.2, 0.25) is 5.91 Å². The molecule has 0 radical (unpaired) electrons. The molecule has 0 unspecified atom stereocenters. The summed E-state index contributed by atoms with van der Waals surface area (Å²) in [7, 11) is 0. The van der Waals surface area contributed by atoms with Crippen LogP contribution in [0.15, 0.2) is 0 Å². The normalized spacial score (nSPS) is 14.7.